The van der Waals surface area contributed by atoms with Crippen LogP contribution in [0.1, 0.15) is 13.8 Å². The lowest BCUT2D eigenvalue weighted by atomic mass is 10.1. The van der Waals surface area contributed by atoms with E-state index in [1.807, 2.05) is 6.92 Å². The molecule has 0 aliphatic carbocycles. The number of alkyl halides is 2. The molecule has 2 nitrogen and oxygen atoms in total. The van der Waals surface area contributed by atoms with Crippen molar-refractivity contribution in [2.24, 2.45) is 0 Å². The second-order valence-corrected chi connectivity index (χ2v) is 6.52. The summed E-state index contributed by atoms with van der Waals surface area (Å²) in [5.74, 6) is 0. The van der Waals surface area contributed by atoms with Gasteiger partial charge in [-0.1, -0.05) is 120 Å². The number of rotatable bonds is 4. The van der Waals surface area contributed by atoms with Gasteiger partial charge in [-0.3, -0.25) is 0 Å². The van der Waals surface area contributed by atoms with Crippen LogP contribution in [0.25, 0.3) is 21.5 Å². The molecule has 4 aromatic carbocycles. The molecule has 0 spiro atoms. The standard InChI is InChI=1S/2C10H8.C3H7FO.C3H7IO/c2*1-2-6-10-8-4-3-7-9(10)5-1;2*1-2-5-3-4/h2*1-8H;2*2-3H2,1H3. The Kier molecular flexibility index (Phi) is 15.4. The number of hydrogen-bond acceptors (Lipinski definition) is 2. The second-order valence-electron chi connectivity index (χ2n) is 5.90. The Hall–Kier alpha value is -2.02. The van der Waals surface area contributed by atoms with E-state index < -0.39 is 6.86 Å². The Balaban J connectivity index is 0.000000213. The van der Waals surface area contributed by atoms with Crippen LogP contribution in [-0.2, 0) is 9.47 Å². The van der Waals surface area contributed by atoms with Gasteiger partial charge in [0.1, 0.15) is 0 Å². The van der Waals surface area contributed by atoms with Crippen molar-refractivity contribution in [3.05, 3.63) is 97.1 Å². The number of hydrogen-bond donors (Lipinski definition) is 0. The fourth-order valence-electron chi connectivity index (χ4n) is 2.42. The number of halogens is 2. The molecule has 0 bridgehead atoms. The van der Waals surface area contributed by atoms with E-state index in [-0.39, 0.29) is 0 Å². The highest BCUT2D eigenvalue weighted by Crippen LogP contribution is 2.12. The summed E-state index contributed by atoms with van der Waals surface area (Å²) in [6, 6.07) is 33.4. The Morgan fingerprint density at radius 3 is 0.933 bits per heavy atom. The maximum absolute atomic E-state index is 10.8. The lowest BCUT2D eigenvalue weighted by molar-refractivity contribution is 0.0672. The van der Waals surface area contributed by atoms with Crippen LogP contribution >= 0.6 is 22.6 Å². The van der Waals surface area contributed by atoms with E-state index in [0.717, 1.165) is 11.2 Å². The van der Waals surface area contributed by atoms with E-state index in [0.29, 0.717) is 6.61 Å². The van der Waals surface area contributed by atoms with Crippen molar-refractivity contribution in [1.82, 2.24) is 0 Å². The first kappa shape index (κ1) is 26.0. The second kappa shape index (κ2) is 17.8. The first-order valence-corrected chi connectivity index (χ1v) is 11.4. The largest absolute Gasteiger partial charge is 0.371 e. The number of benzene rings is 4. The van der Waals surface area contributed by atoms with Crippen molar-refractivity contribution in [3.63, 3.8) is 0 Å². The van der Waals surface area contributed by atoms with Gasteiger partial charge in [-0.15, -0.1) is 0 Å². The molecule has 0 saturated heterocycles. The van der Waals surface area contributed by atoms with Gasteiger partial charge in [0.15, 0.2) is 6.86 Å². The van der Waals surface area contributed by atoms with Crippen LogP contribution in [0.5, 0.6) is 0 Å². The summed E-state index contributed by atoms with van der Waals surface area (Å²) in [5.41, 5.74) is 0. The molecule has 0 aliphatic rings. The summed E-state index contributed by atoms with van der Waals surface area (Å²) in [6.45, 7) is 4.38. The van der Waals surface area contributed by atoms with Crippen LogP contribution in [0.4, 0.5) is 4.39 Å². The average molecular weight is 520 g/mol. The van der Waals surface area contributed by atoms with Crippen molar-refractivity contribution in [3.8, 4) is 0 Å². The normalized spacial score (nSPS) is 9.47. The van der Waals surface area contributed by atoms with Gasteiger partial charge in [-0.25, -0.2) is 4.39 Å². The minimum Gasteiger partial charge on any atom is -0.371 e. The monoisotopic (exact) mass is 520 g/mol. The number of ether oxygens (including phenoxy) is 2. The van der Waals surface area contributed by atoms with Gasteiger partial charge < -0.3 is 9.47 Å². The highest BCUT2D eigenvalue weighted by Gasteiger charge is 1.86. The Bertz CT molecular complexity index is 718. The molecule has 0 N–H and O–H groups in total. The molecule has 0 aliphatic heterocycles. The zero-order valence-corrected chi connectivity index (χ0v) is 19.8. The maximum atomic E-state index is 10.8. The fourth-order valence-corrected chi connectivity index (χ4v) is 2.86. The fraction of sp³-hybridized carbons (Fsp3) is 0.231. The van der Waals surface area contributed by atoms with E-state index in [9.17, 15) is 4.39 Å². The van der Waals surface area contributed by atoms with Gasteiger partial charge in [0.25, 0.3) is 0 Å². The molecule has 0 radical (unpaired) electrons. The molecule has 4 rings (SSSR count). The third-order valence-electron chi connectivity index (χ3n) is 3.88. The van der Waals surface area contributed by atoms with Crippen molar-refractivity contribution in [1.29, 1.82) is 0 Å². The Morgan fingerprint density at radius 2 is 0.833 bits per heavy atom. The van der Waals surface area contributed by atoms with E-state index >= 15 is 0 Å². The van der Waals surface area contributed by atoms with Gasteiger partial charge in [0, 0.05) is 13.2 Å². The SMILES string of the molecule is CCOCF.CCOCI.c1ccc2ccccc2c1.c1ccc2ccccc2c1. The Labute approximate surface area is 193 Å². The van der Waals surface area contributed by atoms with Gasteiger partial charge in [0.05, 0.1) is 4.61 Å². The quantitative estimate of drug-likeness (QED) is 0.200. The lowest BCUT2D eigenvalue weighted by Crippen LogP contribution is -1.82. The summed E-state index contributed by atoms with van der Waals surface area (Å²) >= 11 is 2.17. The molecular formula is C26H30FIO2. The third-order valence-corrected chi connectivity index (χ3v) is 4.32. The molecule has 4 aromatic rings. The molecule has 0 saturated carbocycles. The highest BCUT2D eigenvalue weighted by atomic mass is 127. The first-order valence-electron chi connectivity index (χ1n) is 9.91. The van der Waals surface area contributed by atoms with Crippen LogP contribution in [0.3, 0.4) is 0 Å². The minimum atomic E-state index is -0.656. The van der Waals surface area contributed by atoms with E-state index in [1.54, 1.807) is 6.92 Å². The van der Waals surface area contributed by atoms with Crippen LogP contribution in [0, 0.1) is 0 Å². The van der Waals surface area contributed by atoms with E-state index in [1.165, 1.54) is 21.5 Å². The molecule has 0 unspecified atom stereocenters. The predicted molar refractivity (Wildman–Crippen MR) is 136 cm³/mol. The van der Waals surface area contributed by atoms with Crippen LogP contribution in [-0.4, -0.2) is 24.7 Å². The molecule has 30 heavy (non-hydrogen) atoms. The minimum absolute atomic E-state index is 0.469. The summed E-state index contributed by atoms with van der Waals surface area (Å²) in [6.07, 6.45) is 0. The topological polar surface area (TPSA) is 18.5 Å². The van der Waals surface area contributed by atoms with Crippen LogP contribution in [0.2, 0.25) is 0 Å². The van der Waals surface area contributed by atoms with Gasteiger partial charge in [0.2, 0.25) is 0 Å². The number of fused-ring (bicyclic) bond motifs is 2. The average Bonchev–Trinajstić information content (AvgIpc) is 2.82. The van der Waals surface area contributed by atoms with Gasteiger partial charge in [-0.05, 0) is 35.4 Å². The van der Waals surface area contributed by atoms with Crippen molar-refractivity contribution < 1.29 is 13.9 Å². The molecule has 0 atom stereocenters. The van der Waals surface area contributed by atoms with Crippen molar-refractivity contribution in [2.45, 2.75) is 13.8 Å². The molecule has 0 aromatic heterocycles. The van der Waals surface area contributed by atoms with Crippen LogP contribution < -0.4 is 0 Å². The van der Waals surface area contributed by atoms with Crippen molar-refractivity contribution >= 4 is 44.1 Å². The lowest BCUT2D eigenvalue weighted by Gasteiger charge is -1.92. The summed E-state index contributed by atoms with van der Waals surface area (Å²) in [5, 5.41) is 5.24. The van der Waals surface area contributed by atoms with Gasteiger partial charge in [-0.2, -0.15) is 0 Å². The summed E-state index contributed by atoms with van der Waals surface area (Å²) in [4.78, 5) is 0. The van der Waals surface area contributed by atoms with Gasteiger partial charge >= 0.3 is 0 Å². The molecule has 0 amide bonds. The first-order chi connectivity index (χ1) is 14.8. The van der Waals surface area contributed by atoms with E-state index in [2.05, 4.69) is 124 Å². The highest BCUT2D eigenvalue weighted by molar-refractivity contribution is 14.1. The molecule has 160 valence electrons. The smallest absolute Gasteiger partial charge is 0.188 e. The molecule has 4 heteroatoms. The maximum Gasteiger partial charge on any atom is 0.188 e. The van der Waals surface area contributed by atoms with Crippen LogP contribution in [0.15, 0.2) is 97.1 Å². The summed E-state index contributed by atoms with van der Waals surface area (Å²) < 4.78 is 20.6. The third kappa shape index (κ3) is 11.2. The van der Waals surface area contributed by atoms with Crippen molar-refractivity contribution in [2.75, 3.05) is 24.7 Å². The molecular weight excluding hydrogens is 490 g/mol. The summed E-state index contributed by atoms with van der Waals surface area (Å²) in [7, 11) is 0. The van der Waals surface area contributed by atoms with E-state index in [4.69, 9.17) is 4.74 Å². The predicted octanol–water partition coefficient (Wildman–Crippen LogP) is 8.04. The Morgan fingerprint density at radius 1 is 0.567 bits per heavy atom. The molecule has 0 fully saturated rings. The zero-order chi connectivity index (χ0) is 21.9. The molecule has 0 heterocycles. The zero-order valence-electron chi connectivity index (χ0n) is 17.6.